The van der Waals surface area contributed by atoms with Crippen LogP contribution >= 0.6 is 11.6 Å². The van der Waals surface area contributed by atoms with Crippen molar-refractivity contribution in [2.75, 3.05) is 32.7 Å². The Morgan fingerprint density at radius 3 is 2.55 bits per heavy atom. The maximum Gasteiger partial charge on any atom is 0.417 e. The number of nitrogens with zero attached hydrogens (tertiary/aromatic N) is 3. The molecular weight excluding hydrogens is 532 g/mol. The van der Waals surface area contributed by atoms with Crippen molar-refractivity contribution in [3.63, 3.8) is 0 Å². The van der Waals surface area contributed by atoms with Gasteiger partial charge in [0.15, 0.2) is 0 Å². The fraction of sp³-hybridized carbons (Fsp3) is 0.200. The fourth-order valence-electron chi connectivity index (χ4n) is 3.76. The lowest BCUT2D eigenvalue weighted by Crippen LogP contribution is -2.20. The van der Waals surface area contributed by atoms with Crippen LogP contribution in [0.25, 0.3) is 22.3 Å². The van der Waals surface area contributed by atoms with E-state index in [2.05, 4.69) is 20.1 Å². The second-order valence-electron chi connectivity index (χ2n) is 7.92. The first-order chi connectivity index (χ1) is 18.1. The Hall–Kier alpha value is -4.03. The Balaban J connectivity index is 1.93. The van der Waals surface area contributed by atoms with Gasteiger partial charge in [-0.2, -0.15) is 23.0 Å². The molecule has 13 heteroatoms. The van der Waals surface area contributed by atoms with Gasteiger partial charge in [-0.25, -0.2) is 9.18 Å². The Bertz CT molecular complexity index is 1540. The van der Waals surface area contributed by atoms with Crippen LogP contribution in [0.3, 0.4) is 0 Å². The number of benzene rings is 2. The summed E-state index contributed by atoms with van der Waals surface area (Å²) >= 11 is 6.05. The molecule has 0 fully saturated rings. The highest BCUT2D eigenvalue weighted by Gasteiger charge is 2.37. The third-order valence-electron chi connectivity index (χ3n) is 5.53. The van der Waals surface area contributed by atoms with E-state index < -0.39 is 40.0 Å². The van der Waals surface area contributed by atoms with Gasteiger partial charge in [0, 0.05) is 19.2 Å². The molecule has 0 unspecified atom stereocenters. The smallest absolute Gasteiger partial charge is 0.417 e. The molecule has 198 valence electrons. The lowest BCUT2D eigenvalue weighted by atomic mass is 10.1. The first-order valence-electron chi connectivity index (χ1n) is 11.0. The highest BCUT2D eigenvalue weighted by Crippen LogP contribution is 2.37. The number of carbonyl (C=O) groups excluding carboxylic acids is 2. The van der Waals surface area contributed by atoms with Crippen LogP contribution in [-0.4, -0.2) is 54.0 Å². The average Bonchev–Trinajstić information content (AvgIpc) is 3.26. The number of carbonyl (C=O) groups is 2. The summed E-state index contributed by atoms with van der Waals surface area (Å²) in [6.45, 7) is 0.707. The predicted octanol–water partition coefficient (Wildman–Crippen LogP) is 5.44. The van der Waals surface area contributed by atoms with Gasteiger partial charge in [0.05, 0.1) is 52.8 Å². The van der Waals surface area contributed by atoms with E-state index in [4.69, 9.17) is 16.3 Å². The summed E-state index contributed by atoms with van der Waals surface area (Å²) in [5.74, 6) is -2.85. The van der Waals surface area contributed by atoms with Crippen LogP contribution in [0.1, 0.15) is 26.3 Å². The summed E-state index contributed by atoms with van der Waals surface area (Å²) in [4.78, 5) is 29.6. The number of hydrogen-bond acceptors (Lipinski definition) is 7. The molecule has 2 aromatic heterocycles. The monoisotopic (exact) mass is 550 g/mol. The summed E-state index contributed by atoms with van der Waals surface area (Å²) < 4.78 is 66.6. The van der Waals surface area contributed by atoms with Gasteiger partial charge in [0.2, 0.25) is 0 Å². The zero-order valence-electron chi connectivity index (χ0n) is 19.9. The topological polar surface area (TPSA) is 95.3 Å². The Labute approximate surface area is 218 Å². The van der Waals surface area contributed by atoms with Gasteiger partial charge in [-0.05, 0) is 36.4 Å². The highest BCUT2D eigenvalue weighted by molar-refractivity contribution is 6.34. The molecule has 0 saturated carbocycles. The summed E-state index contributed by atoms with van der Waals surface area (Å²) in [7, 11) is 2.64. The zero-order valence-corrected chi connectivity index (χ0v) is 20.7. The third-order valence-corrected chi connectivity index (χ3v) is 5.84. The van der Waals surface area contributed by atoms with Crippen LogP contribution in [0, 0.1) is 5.82 Å². The number of pyridine rings is 1. The van der Waals surface area contributed by atoms with Crippen molar-refractivity contribution in [1.82, 2.24) is 14.8 Å². The zero-order chi connectivity index (χ0) is 27.6. The van der Waals surface area contributed by atoms with Crippen molar-refractivity contribution in [2.24, 2.45) is 0 Å². The largest absolute Gasteiger partial charge is 0.465 e. The number of aromatic nitrogens is 3. The number of methoxy groups -OCH3 is 2. The van der Waals surface area contributed by atoms with Crippen LogP contribution in [0.4, 0.5) is 23.2 Å². The maximum absolute atomic E-state index is 15.1. The van der Waals surface area contributed by atoms with Gasteiger partial charge in [-0.1, -0.05) is 17.7 Å². The molecule has 0 aliphatic heterocycles. The molecule has 0 radical (unpaired) electrons. The Kier molecular flexibility index (Phi) is 7.65. The van der Waals surface area contributed by atoms with E-state index in [0.29, 0.717) is 23.5 Å². The molecule has 0 aliphatic carbocycles. The number of hydrogen-bond donors (Lipinski definition) is 1. The number of halogens is 5. The summed E-state index contributed by atoms with van der Waals surface area (Å²) in [5.41, 5.74) is -1.99. The maximum atomic E-state index is 15.1. The van der Waals surface area contributed by atoms with Gasteiger partial charge in [-0.15, -0.1) is 0 Å². The van der Waals surface area contributed by atoms with Crippen molar-refractivity contribution in [1.29, 1.82) is 0 Å². The van der Waals surface area contributed by atoms with Gasteiger partial charge >= 0.3 is 12.1 Å². The molecule has 0 atom stereocenters. The molecule has 4 rings (SSSR count). The fourth-order valence-corrected chi connectivity index (χ4v) is 4.02. The molecule has 0 amide bonds. The van der Waals surface area contributed by atoms with Crippen molar-refractivity contribution in [2.45, 2.75) is 6.18 Å². The molecule has 2 aromatic carbocycles. The second-order valence-corrected chi connectivity index (χ2v) is 8.33. The number of fused-ring (bicyclic) bond motifs is 1. The minimum Gasteiger partial charge on any atom is -0.465 e. The van der Waals surface area contributed by atoms with Crippen molar-refractivity contribution in [3.05, 3.63) is 76.2 Å². The molecule has 0 saturated heterocycles. The lowest BCUT2D eigenvalue weighted by Gasteiger charge is -2.13. The molecule has 0 spiro atoms. The number of rotatable bonds is 7. The van der Waals surface area contributed by atoms with Gasteiger partial charge in [0.1, 0.15) is 17.0 Å². The summed E-state index contributed by atoms with van der Waals surface area (Å²) in [6, 6.07) is 7.84. The predicted molar refractivity (Wildman–Crippen MR) is 131 cm³/mol. The molecule has 0 bridgehead atoms. The first-order valence-corrected chi connectivity index (χ1v) is 11.3. The van der Waals surface area contributed by atoms with Crippen molar-refractivity contribution >= 4 is 40.2 Å². The van der Waals surface area contributed by atoms with Crippen LogP contribution in [-0.2, 0) is 15.7 Å². The molecule has 8 nitrogen and oxygen atoms in total. The number of ether oxygens (including phenoxy) is 2. The third kappa shape index (κ3) is 5.18. The van der Waals surface area contributed by atoms with E-state index in [-0.39, 0.29) is 27.9 Å². The van der Waals surface area contributed by atoms with Crippen molar-refractivity contribution in [3.8, 4) is 11.3 Å². The normalized spacial score (nSPS) is 11.6. The highest BCUT2D eigenvalue weighted by atomic mass is 35.5. The molecule has 2 heterocycles. The molecule has 1 N–H and O–H groups in total. The summed E-state index contributed by atoms with van der Waals surface area (Å²) in [5, 5.41) is 6.73. The van der Waals surface area contributed by atoms with Crippen LogP contribution in [0.2, 0.25) is 5.02 Å². The Morgan fingerprint density at radius 1 is 1.13 bits per heavy atom. The number of esters is 1. The second kappa shape index (κ2) is 10.8. The van der Waals surface area contributed by atoms with E-state index >= 15 is 4.39 Å². The summed E-state index contributed by atoms with van der Waals surface area (Å²) in [6.07, 6.45) is -3.49. The minimum absolute atomic E-state index is 0.00287. The number of alkyl halides is 3. The van der Waals surface area contributed by atoms with Crippen molar-refractivity contribution < 1.29 is 36.6 Å². The van der Waals surface area contributed by atoms with Gasteiger partial charge in [0.25, 0.3) is 5.91 Å². The van der Waals surface area contributed by atoms with E-state index in [9.17, 15) is 22.8 Å². The van der Waals surface area contributed by atoms with E-state index in [1.165, 1.54) is 31.5 Å². The minimum atomic E-state index is -4.89. The molecule has 0 aliphatic rings. The van der Waals surface area contributed by atoms with E-state index in [1.54, 1.807) is 0 Å². The molecule has 4 aromatic rings. The van der Waals surface area contributed by atoms with Crippen LogP contribution in [0.15, 0.2) is 48.7 Å². The lowest BCUT2D eigenvalue weighted by molar-refractivity contribution is -0.137. The van der Waals surface area contributed by atoms with Crippen LogP contribution < -0.4 is 5.32 Å². The average molecular weight is 551 g/mol. The number of nitrogens with one attached hydrogen (secondary N) is 1. The first kappa shape index (κ1) is 27.0. The van der Waals surface area contributed by atoms with Crippen LogP contribution in [0.5, 0.6) is 0 Å². The van der Waals surface area contributed by atoms with E-state index in [1.807, 2.05) is 0 Å². The van der Waals surface area contributed by atoms with Gasteiger partial charge < -0.3 is 14.8 Å². The van der Waals surface area contributed by atoms with E-state index in [0.717, 1.165) is 31.4 Å². The van der Waals surface area contributed by atoms with Gasteiger partial charge in [-0.3, -0.25) is 9.78 Å². The standard InChI is InChI=1S/C25H19ClF4N4O4/c1-37-9-8-31-14-11-19-22(32-12-14)21(15-7-6-13(10-18(15)27)24(36)38-2)33-34(19)23(35)20-16(25(28,29)30)4-3-5-17(20)26/h3-7,10-12,31H,8-9H2,1-2H3. The quantitative estimate of drug-likeness (QED) is 0.186. The SMILES string of the molecule is COCCNc1cnc2c(-c3ccc(C(=O)OC)cc3F)nn(C(=O)c3c(Cl)cccc3C(F)(F)F)c2c1. The number of anilines is 1. The Morgan fingerprint density at radius 2 is 1.89 bits per heavy atom. The molecular formula is C25H19ClF4N4O4. The molecule has 38 heavy (non-hydrogen) atoms.